The zero-order valence-electron chi connectivity index (χ0n) is 15.7. The van der Waals surface area contributed by atoms with E-state index in [0.717, 1.165) is 38.9 Å². The Hall–Kier alpha value is -2.85. The summed E-state index contributed by atoms with van der Waals surface area (Å²) in [6.07, 6.45) is 0.458. The van der Waals surface area contributed by atoms with E-state index in [4.69, 9.17) is 15.0 Å². The molecule has 0 unspecified atom stereocenters. The lowest BCUT2D eigenvalue weighted by molar-refractivity contribution is 0.344. The molecule has 27 heavy (non-hydrogen) atoms. The van der Waals surface area contributed by atoms with Crippen molar-refractivity contribution in [2.45, 2.75) is 33.2 Å². The maximum absolute atomic E-state index is 8.70. The van der Waals surface area contributed by atoms with Crippen LogP contribution in [0.3, 0.4) is 0 Å². The fourth-order valence-corrected chi connectivity index (χ4v) is 3.53. The van der Waals surface area contributed by atoms with Crippen LogP contribution in [0.15, 0.2) is 29.6 Å². The van der Waals surface area contributed by atoms with Gasteiger partial charge in [0.1, 0.15) is 11.4 Å². The maximum atomic E-state index is 8.70. The minimum absolute atomic E-state index is 0.328. The van der Waals surface area contributed by atoms with Gasteiger partial charge in [0.05, 0.1) is 30.3 Å². The molecule has 0 aliphatic carbocycles. The van der Waals surface area contributed by atoms with Crippen molar-refractivity contribution in [1.82, 2.24) is 9.97 Å². The van der Waals surface area contributed by atoms with Gasteiger partial charge in [-0.05, 0) is 39.0 Å². The third-order valence-electron chi connectivity index (χ3n) is 3.82. The number of benzene rings is 1. The number of nitrogens with zero attached hydrogens (tertiary/aromatic N) is 3. The highest BCUT2D eigenvalue weighted by molar-refractivity contribution is 7.14. The van der Waals surface area contributed by atoms with Gasteiger partial charge >= 0.3 is 0 Å². The van der Waals surface area contributed by atoms with E-state index in [9.17, 15) is 0 Å². The van der Waals surface area contributed by atoms with Gasteiger partial charge in [-0.15, -0.1) is 11.3 Å². The summed E-state index contributed by atoms with van der Waals surface area (Å²) in [6.45, 7) is 7.33. The highest BCUT2D eigenvalue weighted by Crippen LogP contribution is 2.33. The number of nitriles is 1. The van der Waals surface area contributed by atoms with Crippen molar-refractivity contribution in [3.8, 4) is 23.2 Å². The smallest absolute Gasteiger partial charge is 0.183 e. The Bertz CT molecular complexity index is 961. The van der Waals surface area contributed by atoms with Crippen LogP contribution in [0.5, 0.6) is 5.75 Å². The van der Waals surface area contributed by atoms with Gasteiger partial charge in [-0.2, -0.15) is 5.26 Å². The normalized spacial score (nSPS) is 10.8. The third-order valence-corrected chi connectivity index (χ3v) is 4.59. The molecule has 0 aliphatic rings. The SMILES string of the molecule is CCOc1cc(-c2csc(NC(C)C)n2)nc2cc(NCCC#N)ccc12. The number of hydrogen-bond donors (Lipinski definition) is 2. The highest BCUT2D eigenvalue weighted by Gasteiger charge is 2.12. The van der Waals surface area contributed by atoms with Crippen LogP contribution in [0.1, 0.15) is 27.2 Å². The summed E-state index contributed by atoms with van der Waals surface area (Å²) < 4.78 is 5.85. The van der Waals surface area contributed by atoms with Gasteiger partial charge < -0.3 is 15.4 Å². The van der Waals surface area contributed by atoms with Crippen molar-refractivity contribution in [1.29, 1.82) is 5.26 Å². The fourth-order valence-electron chi connectivity index (χ4n) is 2.68. The molecule has 2 N–H and O–H groups in total. The van der Waals surface area contributed by atoms with Crippen LogP contribution in [-0.2, 0) is 0 Å². The molecule has 0 fully saturated rings. The number of ether oxygens (including phenoxy) is 1. The monoisotopic (exact) mass is 381 g/mol. The maximum Gasteiger partial charge on any atom is 0.183 e. The Kier molecular flexibility index (Phi) is 6.09. The van der Waals surface area contributed by atoms with Crippen molar-refractivity contribution in [2.24, 2.45) is 0 Å². The second kappa shape index (κ2) is 8.69. The first kappa shape index (κ1) is 18.9. The van der Waals surface area contributed by atoms with Crippen LogP contribution >= 0.6 is 11.3 Å². The predicted molar refractivity (Wildman–Crippen MR) is 111 cm³/mol. The molecule has 0 bridgehead atoms. The lowest BCUT2D eigenvalue weighted by Gasteiger charge is -2.11. The van der Waals surface area contributed by atoms with Gasteiger partial charge in [-0.3, -0.25) is 0 Å². The van der Waals surface area contributed by atoms with Gasteiger partial charge in [0.2, 0.25) is 0 Å². The fraction of sp³-hybridized carbons (Fsp3) is 0.350. The van der Waals surface area contributed by atoms with Gasteiger partial charge in [-0.1, -0.05) is 0 Å². The molecule has 6 nitrogen and oxygen atoms in total. The van der Waals surface area contributed by atoms with Crippen LogP contribution in [0, 0.1) is 11.3 Å². The van der Waals surface area contributed by atoms with Gasteiger partial charge in [0.25, 0.3) is 0 Å². The quantitative estimate of drug-likeness (QED) is 0.540. The zero-order chi connectivity index (χ0) is 19.2. The predicted octanol–water partition coefficient (Wildman–Crippen LogP) is 4.90. The standard InChI is InChI=1S/C20H23N5OS/c1-4-26-19-11-17(18-12-27-20(25-18)23-13(2)3)24-16-10-14(6-7-15(16)19)22-9-5-8-21/h6-7,10-13,22H,4-5,9H2,1-3H3,(H,23,25). The molecular weight excluding hydrogens is 358 g/mol. The van der Waals surface area contributed by atoms with Crippen LogP contribution < -0.4 is 15.4 Å². The summed E-state index contributed by atoms with van der Waals surface area (Å²) in [6, 6.07) is 10.4. The Morgan fingerprint density at radius 3 is 2.81 bits per heavy atom. The van der Waals surface area contributed by atoms with Gasteiger partial charge in [0, 0.05) is 35.1 Å². The van der Waals surface area contributed by atoms with Crippen molar-refractivity contribution in [2.75, 3.05) is 23.8 Å². The number of thiazole rings is 1. The van der Waals surface area contributed by atoms with E-state index in [0.29, 0.717) is 25.6 Å². The molecule has 2 heterocycles. The molecule has 3 rings (SSSR count). The molecule has 0 radical (unpaired) electrons. The minimum atomic E-state index is 0.328. The van der Waals surface area contributed by atoms with E-state index in [2.05, 4.69) is 35.5 Å². The molecule has 1 aromatic carbocycles. The van der Waals surface area contributed by atoms with E-state index in [1.165, 1.54) is 0 Å². The van der Waals surface area contributed by atoms with Crippen molar-refractivity contribution < 1.29 is 4.74 Å². The van der Waals surface area contributed by atoms with Gasteiger partial charge in [0.15, 0.2) is 5.13 Å². The molecule has 0 spiro atoms. The summed E-state index contributed by atoms with van der Waals surface area (Å²) in [5, 5.41) is 19.1. The highest BCUT2D eigenvalue weighted by atomic mass is 32.1. The second-order valence-electron chi connectivity index (χ2n) is 6.34. The molecule has 3 aromatic rings. The number of pyridine rings is 1. The lowest BCUT2D eigenvalue weighted by Crippen LogP contribution is -2.09. The number of anilines is 2. The minimum Gasteiger partial charge on any atom is -0.493 e. The number of nitrogens with one attached hydrogen (secondary N) is 2. The first-order valence-electron chi connectivity index (χ1n) is 9.01. The van der Waals surface area contributed by atoms with E-state index in [1.54, 1.807) is 11.3 Å². The topological polar surface area (TPSA) is 82.9 Å². The molecule has 0 saturated carbocycles. The van der Waals surface area contributed by atoms with E-state index < -0.39 is 0 Å². The van der Waals surface area contributed by atoms with Gasteiger partial charge in [-0.25, -0.2) is 9.97 Å². The van der Waals surface area contributed by atoms with Crippen LogP contribution in [0.25, 0.3) is 22.3 Å². The molecule has 140 valence electrons. The summed E-state index contributed by atoms with van der Waals surface area (Å²) in [7, 11) is 0. The molecule has 0 aliphatic heterocycles. The molecule has 0 amide bonds. The Morgan fingerprint density at radius 2 is 2.07 bits per heavy atom. The van der Waals surface area contributed by atoms with Crippen molar-refractivity contribution >= 4 is 33.1 Å². The second-order valence-corrected chi connectivity index (χ2v) is 7.20. The van der Waals surface area contributed by atoms with Crippen LogP contribution in [-0.4, -0.2) is 29.2 Å². The molecule has 2 aromatic heterocycles. The molecular formula is C20H23N5OS. The number of fused-ring (bicyclic) bond motifs is 1. The van der Waals surface area contributed by atoms with E-state index in [1.807, 2.05) is 36.6 Å². The summed E-state index contributed by atoms with van der Waals surface area (Å²) in [5.41, 5.74) is 3.39. The first-order valence-corrected chi connectivity index (χ1v) is 9.89. The van der Waals surface area contributed by atoms with Crippen molar-refractivity contribution in [3.05, 3.63) is 29.6 Å². The number of rotatable bonds is 8. The summed E-state index contributed by atoms with van der Waals surface area (Å²) >= 11 is 1.57. The van der Waals surface area contributed by atoms with E-state index >= 15 is 0 Å². The Labute approximate surface area is 163 Å². The van der Waals surface area contributed by atoms with Crippen molar-refractivity contribution in [3.63, 3.8) is 0 Å². The number of aromatic nitrogens is 2. The first-order chi connectivity index (χ1) is 13.1. The summed E-state index contributed by atoms with van der Waals surface area (Å²) in [4.78, 5) is 9.45. The Balaban J connectivity index is 1.99. The van der Waals surface area contributed by atoms with E-state index in [-0.39, 0.29) is 0 Å². The van der Waals surface area contributed by atoms with Crippen LogP contribution in [0.2, 0.25) is 0 Å². The van der Waals surface area contributed by atoms with Crippen LogP contribution in [0.4, 0.5) is 10.8 Å². The average molecular weight is 382 g/mol. The molecule has 0 saturated heterocycles. The average Bonchev–Trinajstić information content (AvgIpc) is 3.09. The summed E-state index contributed by atoms with van der Waals surface area (Å²) in [5.74, 6) is 0.799. The Morgan fingerprint density at radius 1 is 1.22 bits per heavy atom. The lowest BCUT2D eigenvalue weighted by atomic mass is 10.1. The number of hydrogen-bond acceptors (Lipinski definition) is 7. The largest absolute Gasteiger partial charge is 0.493 e. The zero-order valence-corrected chi connectivity index (χ0v) is 16.6. The molecule has 7 heteroatoms. The third kappa shape index (κ3) is 4.66. The molecule has 0 atom stereocenters.